The summed E-state index contributed by atoms with van der Waals surface area (Å²) in [6.07, 6.45) is 5.19. The number of nitrogens with zero attached hydrogens (tertiary/aromatic N) is 3. The molecule has 0 atom stereocenters. The van der Waals surface area contributed by atoms with Crippen LogP contribution in [0.15, 0.2) is 24.8 Å². The lowest BCUT2D eigenvalue weighted by Gasteiger charge is -1.98. The van der Waals surface area contributed by atoms with Gasteiger partial charge in [-0.1, -0.05) is 6.58 Å². The van der Waals surface area contributed by atoms with E-state index in [0.29, 0.717) is 0 Å². The average Bonchev–Trinajstić information content (AvgIpc) is 2.55. The Kier molecular flexibility index (Phi) is 1.51. The first-order chi connectivity index (χ1) is 7.29. The van der Waals surface area contributed by atoms with Gasteiger partial charge in [-0.25, -0.2) is 9.97 Å². The molecule has 0 unspecified atom stereocenters. The van der Waals surface area contributed by atoms with E-state index < -0.39 is 0 Å². The molecule has 0 N–H and O–H groups in total. The number of fused-ring (bicyclic) bond motifs is 3. The average molecular weight is 195 g/mol. The van der Waals surface area contributed by atoms with E-state index in [2.05, 4.69) is 21.5 Å². The van der Waals surface area contributed by atoms with Crippen LogP contribution < -0.4 is 10.6 Å². The Balaban J connectivity index is 2.58. The number of hydrogen-bond donors (Lipinski definition) is 0. The van der Waals surface area contributed by atoms with E-state index in [-0.39, 0.29) is 0 Å². The van der Waals surface area contributed by atoms with E-state index in [1.165, 1.54) is 0 Å². The SMILES string of the molecule is C=c1nccc2c1=C(C)c1ncncc1-2. The minimum Gasteiger partial charge on any atom is -0.257 e. The molecule has 0 saturated heterocycles. The van der Waals surface area contributed by atoms with E-state index in [0.717, 1.165) is 33.0 Å². The molecule has 1 aliphatic carbocycles. The van der Waals surface area contributed by atoms with E-state index in [9.17, 15) is 0 Å². The van der Waals surface area contributed by atoms with E-state index in [1.54, 1.807) is 12.5 Å². The zero-order valence-electron chi connectivity index (χ0n) is 8.36. The van der Waals surface area contributed by atoms with Crippen molar-refractivity contribution in [3.8, 4) is 11.1 Å². The third-order valence-corrected chi connectivity index (χ3v) is 2.76. The van der Waals surface area contributed by atoms with Gasteiger partial charge in [0.15, 0.2) is 0 Å². The molecule has 0 aliphatic heterocycles. The van der Waals surface area contributed by atoms with Gasteiger partial charge in [0.2, 0.25) is 0 Å². The fraction of sp³-hybridized carbons (Fsp3) is 0.0833. The molecule has 15 heavy (non-hydrogen) atoms. The monoisotopic (exact) mass is 195 g/mol. The molecule has 0 fully saturated rings. The predicted octanol–water partition coefficient (Wildman–Crippen LogP) is 0.481. The van der Waals surface area contributed by atoms with Crippen molar-refractivity contribution in [2.45, 2.75) is 6.92 Å². The molecule has 0 amide bonds. The Hall–Kier alpha value is -2.03. The lowest BCUT2D eigenvalue weighted by molar-refractivity contribution is 1.15. The van der Waals surface area contributed by atoms with Gasteiger partial charge in [0.05, 0.1) is 11.0 Å². The molecule has 0 aromatic carbocycles. The fourth-order valence-corrected chi connectivity index (χ4v) is 2.09. The molecular weight excluding hydrogens is 186 g/mol. The third kappa shape index (κ3) is 0.973. The summed E-state index contributed by atoms with van der Waals surface area (Å²) in [5.74, 6) is 0. The second-order valence-corrected chi connectivity index (χ2v) is 3.59. The summed E-state index contributed by atoms with van der Waals surface area (Å²) >= 11 is 0. The number of rotatable bonds is 0. The van der Waals surface area contributed by atoms with Crippen molar-refractivity contribution in [1.82, 2.24) is 15.0 Å². The summed E-state index contributed by atoms with van der Waals surface area (Å²) in [6, 6.07) is 1.99. The fourth-order valence-electron chi connectivity index (χ4n) is 2.09. The molecule has 1 aliphatic rings. The van der Waals surface area contributed by atoms with Gasteiger partial charge >= 0.3 is 0 Å². The standard InChI is InChI=1S/C12H9N3/c1-7-11-8(2)14-4-3-9(11)10-5-13-6-15-12(7)10/h3-6H,2H2,1H3. The Morgan fingerprint density at radius 1 is 1.20 bits per heavy atom. The first-order valence-corrected chi connectivity index (χ1v) is 4.74. The van der Waals surface area contributed by atoms with Crippen molar-refractivity contribution < 1.29 is 0 Å². The van der Waals surface area contributed by atoms with Crippen LogP contribution in [0.5, 0.6) is 0 Å². The van der Waals surface area contributed by atoms with Gasteiger partial charge in [-0.15, -0.1) is 0 Å². The van der Waals surface area contributed by atoms with E-state index in [1.807, 2.05) is 19.2 Å². The maximum atomic E-state index is 4.29. The Morgan fingerprint density at radius 3 is 2.93 bits per heavy atom. The molecule has 3 heteroatoms. The topological polar surface area (TPSA) is 38.7 Å². The van der Waals surface area contributed by atoms with Crippen LogP contribution in [0.25, 0.3) is 23.3 Å². The van der Waals surface area contributed by atoms with Gasteiger partial charge in [-0.2, -0.15) is 0 Å². The summed E-state index contributed by atoms with van der Waals surface area (Å²) in [5.41, 5.74) is 4.36. The second-order valence-electron chi connectivity index (χ2n) is 3.59. The van der Waals surface area contributed by atoms with Gasteiger partial charge in [0.1, 0.15) is 6.33 Å². The molecule has 2 heterocycles. The van der Waals surface area contributed by atoms with Crippen molar-refractivity contribution in [3.05, 3.63) is 41.0 Å². The van der Waals surface area contributed by atoms with Gasteiger partial charge in [-0.05, 0) is 24.1 Å². The number of pyridine rings is 1. The molecule has 0 saturated carbocycles. The predicted molar refractivity (Wildman–Crippen MR) is 58.2 cm³/mol. The third-order valence-electron chi connectivity index (χ3n) is 2.76. The molecule has 0 radical (unpaired) electrons. The summed E-state index contributed by atoms with van der Waals surface area (Å²) < 4.78 is 0. The highest BCUT2D eigenvalue weighted by Crippen LogP contribution is 2.26. The van der Waals surface area contributed by atoms with Crippen molar-refractivity contribution >= 4 is 12.2 Å². The maximum absolute atomic E-state index is 4.29. The molecule has 72 valence electrons. The Labute approximate surface area is 86.9 Å². The van der Waals surface area contributed by atoms with Gasteiger partial charge in [0.25, 0.3) is 0 Å². The zero-order valence-corrected chi connectivity index (χ0v) is 8.36. The highest BCUT2D eigenvalue weighted by molar-refractivity contribution is 5.85. The summed E-state index contributed by atoms with van der Waals surface area (Å²) in [5, 5.41) is 1.91. The van der Waals surface area contributed by atoms with E-state index >= 15 is 0 Å². The lowest BCUT2D eigenvalue weighted by Crippen LogP contribution is -2.27. The van der Waals surface area contributed by atoms with Crippen LogP contribution >= 0.6 is 0 Å². The molecule has 2 aromatic heterocycles. The maximum Gasteiger partial charge on any atom is 0.116 e. The van der Waals surface area contributed by atoms with Crippen LogP contribution in [0.1, 0.15) is 12.6 Å². The molecule has 0 bridgehead atoms. The lowest BCUT2D eigenvalue weighted by atomic mass is 10.1. The summed E-state index contributed by atoms with van der Waals surface area (Å²) in [6.45, 7) is 6.00. The van der Waals surface area contributed by atoms with Crippen molar-refractivity contribution in [3.63, 3.8) is 0 Å². The molecular formula is C12H9N3. The minimum atomic E-state index is 0.808. The largest absolute Gasteiger partial charge is 0.257 e. The molecule has 3 nitrogen and oxygen atoms in total. The first kappa shape index (κ1) is 8.29. The van der Waals surface area contributed by atoms with Crippen LogP contribution in [0, 0.1) is 0 Å². The summed E-state index contributed by atoms with van der Waals surface area (Å²) in [4.78, 5) is 12.6. The second kappa shape index (κ2) is 2.73. The summed E-state index contributed by atoms with van der Waals surface area (Å²) in [7, 11) is 0. The van der Waals surface area contributed by atoms with Crippen LogP contribution in [0.2, 0.25) is 0 Å². The zero-order chi connectivity index (χ0) is 10.4. The van der Waals surface area contributed by atoms with Crippen molar-refractivity contribution in [1.29, 1.82) is 0 Å². The van der Waals surface area contributed by atoms with Crippen LogP contribution in [0.3, 0.4) is 0 Å². The first-order valence-electron chi connectivity index (χ1n) is 4.74. The van der Waals surface area contributed by atoms with Crippen LogP contribution in [0.4, 0.5) is 0 Å². The molecule has 3 rings (SSSR count). The minimum absolute atomic E-state index is 0.808. The van der Waals surface area contributed by atoms with Gasteiger partial charge in [-0.3, -0.25) is 4.98 Å². The van der Waals surface area contributed by atoms with Crippen molar-refractivity contribution in [2.75, 3.05) is 0 Å². The quantitative estimate of drug-likeness (QED) is 0.613. The smallest absolute Gasteiger partial charge is 0.116 e. The highest BCUT2D eigenvalue weighted by atomic mass is 14.8. The number of hydrogen-bond acceptors (Lipinski definition) is 3. The molecule has 2 aromatic rings. The van der Waals surface area contributed by atoms with Gasteiger partial charge in [0, 0.05) is 23.2 Å². The molecule has 0 spiro atoms. The highest BCUT2D eigenvalue weighted by Gasteiger charge is 2.18. The Bertz CT molecular complexity index is 659. The Morgan fingerprint density at radius 2 is 2.07 bits per heavy atom. The normalized spacial score (nSPS) is 12.5. The van der Waals surface area contributed by atoms with Gasteiger partial charge < -0.3 is 0 Å². The van der Waals surface area contributed by atoms with Crippen LogP contribution in [-0.2, 0) is 0 Å². The van der Waals surface area contributed by atoms with E-state index in [4.69, 9.17) is 0 Å². The number of aromatic nitrogens is 3. The van der Waals surface area contributed by atoms with Crippen LogP contribution in [-0.4, -0.2) is 15.0 Å². The van der Waals surface area contributed by atoms with Crippen molar-refractivity contribution in [2.24, 2.45) is 0 Å².